The van der Waals surface area contributed by atoms with E-state index in [0.29, 0.717) is 5.69 Å². The third kappa shape index (κ3) is 6.92. The number of ether oxygens (including phenoxy) is 1. The number of benzene rings is 1. The van der Waals surface area contributed by atoms with Gasteiger partial charge in [-0.3, -0.25) is 0 Å². The number of alkyl carbamates (subject to hydrolysis) is 1. The molecule has 0 aromatic heterocycles. The molecule has 0 radical (unpaired) electrons. The van der Waals surface area contributed by atoms with E-state index in [1.54, 1.807) is 45.0 Å². The summed E-state index contributed by atoms with van der Waals surface area (Å²) in [5, 5.41) is 5.34. The van der Waals surface area contributed by atoms with Crippen molar-refractivity contribution in [3.63, 3.8) is 0 Å². The summed E-state index contributed by atoms with van der Waals surface area (Å²) < 4.78 is 30.1. The first-order valence-corrected chi connectivity index (χ1v) is 6.78. The highest BCUT2D eigenvalue weighted by Gasteiger charge is 2.16. The number of anilines is 1. The molecule has 2 N–H and O–H groups in total. The zero-order valence-corrected chi connectivity index (χ0v) is 12.7. The second-order valence-corrected chi connectivity index (χ2v) is 5.82. The van der Waals surface area contributed by atoms with Crippen molar-refractivity contribution in [3.05, 3.63) is 29.8 Å². The zero-order chi connectivity index (χ0) is 16.0. The Morgan fingerprint density at radius 1 is 1.33 bits per heavy atom. The van der Waals surface area contributed by atoms with Crippen LogP contribution in [0.2, 0.25) is 0 Å². The van der Waals surface area contributed by atoms with Crippen molar-refractivity contribution in [1.82, 2.24) is 5.32 Å². The monoisotopic (exact) mass is 300 g/mol. The maximum Gasteiger partial charge on any atom is 0.407 e. The van der Waals surface area contributed by atoms with Crippen LogP contribution in [0.3, 0.4) is 0 Å². The molecule has 1 unspecified atom stereocenters. The Bertz CT molecular complexity index is 473. The van der Waals surface area contributed by atoms with Crippen LogP contribution in [-0.2, 0) is 11.3 Å². The van der Waals surface area contributed by atoms with Crippen molar-refractivity contribution in [2.45, 2.75) is 52.3 Å². The van der Waals surface area contributed by atoms with Gasteiger partial charge >= 0.3 is 6.09 Å². The number of carbonyl (C=O) groups is 1. The van der Waals surface area contributed by atoms with E-state index < -0.39 is 24.2 Å². The maximum atomic E-state index is 12.5. The average Bonchev–Trinajstić information content (AvgIpc) is 2.34. The molecule has 1 rings (SSSR count). The standard InChI is InChI=1S/C15H22F2N2O2/c1-10(13(16)17)19-12-7-5-6-11(8-12)9-18-14(20)21-15(2,3)4/h5-8,10,13,19H,9H2,1-4H3,(H,18,20). The lowest BCUT2D eigenvalue weighted by molar-refractivity contribution is 0.0523. The second-order valence-electron chi connectivity index (χ2n) is 5.82. The normalized spacial score (nSPS) is 12.9. The van der Waals surface area contributed by atoms with Gasteiger partial charge in [-0.1, -0.05) is 12.1 Å². The number of rotatable bonds is 5. The first kappa shape index (κ1) is 17.2. The van der Waals surface area contributed by atoms with Crippen molar-refractivity contribution in [3.8, 4) is 0 Å². The molecular weight excluding hydrogens is 278 g/mol. The molecule has 118 valence electrons. The maximum absolute atomic E-state index is 12.5. The average molecular weight is 300 g/mol. The van der Waals surface area contributed by atoms with Crippen LogP contribution in [0.5, 0.6) is 0 Å². The predicted molar refractivity (Wildman–Crippen MR) is 78.6 cm³/mol. The van der Waals surface area contributed by atoms with Crippen molar-refractivity contribution in [2.75, 3.05) is 5.32 Å². The Hall–Kier alpha value is -1.85. The van der Waals surface area contributed by atoms with Crippen molar-refractivity contribution in [1.29, 1.82) is 0 Å². The van der Waals surface area contributed by atoms with Crippen LogP contribution in [0, 0.1) is 0 Å². The summed E-state index contributed by atoms with van der Waals surface area (Å²) in [7, 11) is 0. The van der Waals surface area contributed by atoms with Crippen LogP contribution < -0.4 is 10.6 Å². The zero-order valence-electron chi connectivity index (χ0n) is 12.7. The van der Waals surface area contributed by atoms with Crippen LogP contribution in [0.1, 0.15) is 33.3 Å². The minimum Gasteiger partial charge on any atom is -0.444 e. The van der Waals surface area contributed by atoms with Gasteiger partial charge in [-0.15, -0.1) is 0 Å². The molecule has 6 heteroatoms. The van der Waals surface area contributed by atoms with Gasteiger partial charge in [0.25, 0.3) is 6.43 Å². The fourth-order valence-corrected chi connectivity index (χ4v) is 1.59. The highest BCUT2D eigenvalue weighted by atomic mass is 19.3. The van der Waals surface area contributed by atoms with Gasteiger partial charge in [0.1, 0.15) is 5.60 Å². The molecule has 0 aliphatic heterocycles. The number of carbonyl (C=O) groups excluding carboxylic acids is 1. The summed E-state index contributed by atoms with van der Waals surface area (Å²) in [5.41, 5.74) is 0.832. The summed E-state index contributed by atoms with van der Waals surface area (Å²) in [5.74, 6) is 0. The van der Waals surface area contributed by atoms with Crippen LogP contribution >= 0.6 is 0 Å². The molecule has 0 saturated heterocycles. The first-order chi connectivity index (χ1) is 9.67. The number of hydrogen-bond donors (Lipinski definition) is 2. The van der Waals surface area contributed by atoms with Crippen LogP contribution in [0.4, 0.5) is 19.3 Å². The molecule has 0 aliphatic rings. The molecule has 0 aliphatic carbocycles. The quantitative estimate of drug-likeness (QED) is 0.870. The third-order valence-electron chi connectivity index (χ3n) is 2.54. The van der Waals surface area contributed by atoms with Gasteiger partial charge in [0.2, 0.25) is 0 Å². The molecule has 0 saturated carbocycles. The van der Waals surface area contributed by atoms with E-state index in [4.69, 9.17) is 4.74 Å². The van der Waals surface area contributed by atoms with E-state index in [1.165, 1.54) is 6.92 Å². The Balaban J connectivity index is 2.55. The topological polar surface area (TPSA) is 50.4 Å². The van der Waals surface area contributed by atoms with Gasteiger partial charge in [-0.05, 0) is 45.4 Å². The van der Waals surface area contributed by atoms with E-state index in [-0.39, 0.29) is 6.54 Å². The van der Waals surface area contributed by atoms with Crippen molar-refractivity contribution >= 4 is 11.8 Å². The lowest BCUT2D eigenvalue weighted by atomic mass is 10.2. The number of alkyl halides is 2. The second kappa shape index (κ2) is 7.24. The van der Waals surface area contributed by atoms with Gasteiger partial charge in [0, 0.05) is 12.2 Å². The van der Waals surface area contributed by atoms with Gasteiger partial charge < -0.3 is 15.4 Å². The first-order valence-electron chi connectivity index (χ1n) is 6.78. The van der Waals surface area contributed by atoms with Crippen LogP contribution in [-0.4, -0.2) is 24.2 Å². The lowest BCUT2D eigenvalue weighted by Crippen LogP contribution is -2.32. The highest BCUT2D eigenvalue weighted by molar-refractivity contribution is 5.67. The van der Waals surface area contributed by atoms with Crippen molar-refractivity contribution < 1.29 is 18.3 Å². The van der Waals surface area contributed by atoms with E-state index >= 15 is 0 Å². The molecule has 0 heterocycles. The molecule has 0 spiro atoms. The van der Waals surface area contributed by atoms with Gasteiger partial charge in [-0.2, -0.15) is 0 Å². The fraction of sp³-hybridized carbons (Fsp3) is 0.533. The lowest BCUT2D eigenvalue weighted by Gasteiger charge is -2.20. The summed E-state index contributed by atoms with van der Waals surface area (Å²) in [4.78, 5) is 11.5. The minimum atomic E-state index is -2.44. The fourth-order valence-electron chi connectivity index (χ4n) is 1.59. The van der Waals surface area contributed by atoms with E-state index in [2.05, 4.69) is 10.6 Å². The van der Waals surface area contributed by atoms with Gasteiger partial charge in [0.15, 0.2) is 0 Å². The summed E-state index contributed by atoms with van der Waals surface area (Å²) >= 11 is 0. The van der Waals surface area contributed by atoms with Crippen LogP contribution in [0.15, 0.2) is 24.3 Å². The van der Waals surface area contributed by atoms with Gasteiger partial charge in [-0.25, -0.2) is 13.6 Å². The Morgan fingerprint density at radius 3 is 2.57 bits per heavy atom. The van der Waals surface area contributed by atoms with E-state index in [9.17, 15) is 13.6 Å². The SMILES string of the molecule is CC(Nc1cccc(CNC(=O)OC(C)(C)C)c1)C(F)F. The van der Waals surface area contributed by atoms with E-state index in [1.807, 2.05) is 0 Å². The molecule has 1 atom stereocenters. The van der Waals surface area contributed by atoms with Crippen LogP contribution in [0.25, 0.3) is 0 Å². The van der Waals surface area contributed by atoms with Gasteiger partial charge in [0.05, 0.1) is 6.04 Å². The molecule has 0 fully saturated rings. The number of nitrogens with one attached hydrogen (secondary N) is 2. The Morgan fingerprint density at radius 2 is 2.00 bits per heavy atom. The molecule has 1 amide bonds. The Kier molecular flexibility index (Phi) is 5.93. The summed E-state index contributed by atoms with van der Waals surface area (Å²) in [6.45, 7) is 7.03. The molecule has 0 bridgehead atoms. The predicted octanol–water partition coefficient (Wildman–Crippen LogP) is 3.78. The minimum absolute atomic E-state index is 0.271. The summed E-state index contributed by atoms with van der Waals surface area (Å²) in [6, 6.07) is 6.04. The summed E-state index contributed by atoms with van der Waals surface area (Å²) in [6.07, 6.45) is -2.95. The molecule has 4 nitrogen and oxygen atoms in total. The Labute approximate surface area is 123 Å². The number of halogens is 2. The molecule has 21 heavy (non-hydrogen) atoms. The third-order valence-corrected chi connectivity index (χ3v) is 2.54. The molecule has 1 aromatic rings. The van der Waals surface area contributed by atoms with Crippen molar-refractivity contribution in [2.24, 2.45) is 0 Å². The molecule has 1 aromatic carbocycles. The van der Waals surface area contributed by atoms with E-state index in [0.717, 1.165) is 5.56 Å². The molecular formula is C15H22F2N2O2. The smallest absolute Gasteiger partial charge is 0.407 e. The number of hydrogen-bond acceptors (Lipinski definition) is 3. The number of amides is 1. The largest absolute Gasteiger partial charge is 0.444 e. The highest BCUT2D eigenvalue weighted by Crippen LogP contribution is 2.14.